The first-order valence-corrected chi connectivity index (χ1v) is 15.5. The van der Waals surface area contributed by atoms with Gasteiger partial charge in [-0.3, -0.25) is 14.8 Å². The fourth-order valence-electron chi connectivity index (χ4n) is 6.54. The molecule has 0 saturated carbocycles. The third-order valence-corrected chi connectivity index (χ3v) is 9.27. The summed E-state index contributed by atoms with van der Waals surface area (Å²) in [6.07, 6.45) is 2.50. The number of piperazine rings is 1. The number of nitrogens with two attached hydrogens (primary N) is 1. The van der Waals surface area contributed by atoms with Crippen LogP contribution in [0.5, 0.6) is 6.01 Å². The lowest BCUT2D eigenvalue weighted by Gasteiger charge is -2.44. The maximum atomic E-state index is 16.9. The van der Waals surface area contributed by atoms with Gasteiger partial charge in [-0.05, 0) is 51.0 Å². The van der Waals surface area contributed by atoms with E-state index in [4.69, 9.17) is 31.8 Å². The SMILES string of the molecule is C=CC(=O)N1C[C@H](C)N(c2nc(OCCN3CC[C@@H](OC)C3)nc3c(F)c(-c4c(C)ccc5[nH]nc(N)c45)c(Cl)cc23)C[C@H]1C. The Hall–Kier alpha value is -4.00. The number of aryl methyl sites for hydroxylation is 1. The molecule has 2 aliphatic rings. The zero-order chi connectivity index (χ0) is 32.0. The molecule has 0 radical (unpaired) electrons. The maximum absolute atomic E-state index is 16.9. The summed E-state index contributed by atoms with van der Waals surface area (Å²) < 4.78 is 28.5. The predicted octanol–water partition coefficient (Wildman–Crippen LogP) is 4.57. The van der Waals surface area contributed by atoms with Gasteiger partial charge in [-0.1, -0.05) is 24.2 Å². The second-order valence-electron chi connectivity index (χ2n) is 11.9. The van der Waals surface area contributed by atoms with Crippen LogP contribution in [0.1, 0.15) is 25.8 Å². The number of likely N-dealkylation sites (tertiary alicyclic amines) is 1. The number of hydrogen-bond donors (Lipinski definition) is 2. The number of fused-ring (bicyclic) bond motifs is 2. The van der Waals surface area contributed by atoms with Crippen LogP contribution < -0.4 is 15.4 Å². The summed E-state index contributed by atoms with van der Waals surface area (Å²) in [4.78, 5) is 28.1. The number of halogens is 2. The summed E-state index contributed by atoms with van der Waals surface area (Å²) in [7, 11) is 1.72. The van der Waals surface area contributed by atoms with E-state index in [-0.39, 0.29) is 52.0 Å². The molecule has 2 aromatic heterocycles. The van der Waals surface area contributed by atoms with Gasteiger partial charge in [0.1, 0.15) is 17.9 Å². The lowest BCUT2D eigenvalue weighted by molar-refractivity contribution is -0.128. The van der Waals surface area contributed by atoms with Crippen LogP contribution in [0.4, 0.5) is 16.0 Å². The average molecular weight is 637 g/mol. The highest BCUT2D eigenvalue weighted by Gasteiger charge is 2.34. The molecule has 2 saturated heterocycles. The molecule has 2 aliphatic heterocycles. The molecule has 1 amide bonds. The van der Waals surface area contributed by atoms with Gasteiger partial charge in [0.25, 0.3) is 0 Å². The van der Waals surface area contributed by atoms with Crippen LogP contribution >= 0.6 is 11.6 Å². The minimum absolute atomic E-state index is 0.0642. The Labute approximate surface area is 266 Å². The second-order valence-corrected chi connectivity index (χ2v) is 12.3. The number of anilines is 2. The van der Waals surface area contributed by atoms with Crippen LogP contribution in [-0.2, 0) is 9.53 Å². The summed E-state index contributed by atoms with van der Waals surface area (Å²) in [5.41, 5.74) is 8.50. The van der Waals surface area contributed by atoms with Crippen molar-refractivity contribution < 1.29 is 18.7 Å². The van der Waals surface area contributed by atoms with Gasteiger partial charge in [0.05, 0.1) is 22.0 Å². The van der Waals surface area contributed by atoms with E-state index in [0.717, 1.165) is 25.1 Å². The van der Waals surface area contributed by atoms with Gasteiger partial charge in [-0.25, -0.2) is 4.39 Å². The number of amides is 1. The zero-order valence-corrected chi connectivity index (χ0v) is 26.7. The summed E-state index contributed by atoms with van der Waals surface area (Å²) in [6.45, 7) is 13.1. The standard InChI is InChI=1S/C32H38ClFN8O3/c1-6-24(43)41-14-19(4)42(15-18(41)3)31-21-13-22(33)26(25-17(2)7-8-23-27(25)30(35)39-38-23)28(34)29(21)36-32(37-31)45-12-11-40-10-9-20(16-40)44-5/h6-8,13,18-20H,1,9-12,14-16H2,2-5H3,(H3,35,38,39)/t18-,19+,20-/m1/s1. The number of benzene rings is 2. The molecule has 4 aromatic rings. The molecule has 238 valence electrons. The maximum Gasteiger partial charge on any atom is 0.319 e. The molecule has 4 heterocycles. The third kappa shape index (κ3) is 5.66. The molecular formula is C32H38ClFN8O3. The molecule has 3 atom stereocenters. The van der Waals surface area contributed by atoms with Crippen molar-refractivity contribution in [2.24, 2.45) is 0 Å². The molecule has 0 bridgehead atoms. The normalized spacial score (nSPS) is 20.8. The Bertz CT molecular complexity index is 1780. The molecule has 0 unspecified atom stereocenters. The Kier molecular flexibility index (Phi) is 8.55. The molecular weight excluding hydrogens is 599 g/mol. The highest BCUT2D eigenvalue weighted by atomic mass is 35.5. The lowest BCUT2D eigenvalue weighted by atomic mass is 9.94. The largest absolute Gasteiger partial charge is 0.462 e. The van der Waals surface area contributed by atoms with Crippen molar-refractivity contribution in [2.45, 2.75) is 45.4 Å². The topological polar surface area (TPSA) is 126 Å². The van der Waals surface area contributed by atoms with E-state index < -0.39 is 5.82 Å². The van der Waals surface area contributed by atoms with Gasteiger partial charge in [0, 0.05) is 68.4 Å². The van der Waals surface area contributed by atoms with Crippen molar-refractivity contribution in [1.29, 1.82) is 0 Å². The van der Waals surface area contributed by atoms with Crippen LogP contribution in [-0.4, -0.2) is 101 Å². The number of nitrogens with zero attached hydrogens (tertiary/aromatic N) is 6. The van der Waals surface area contributed by atoms with Gasteiger partial charge in [-0.2, -0.15) is 15.1 Å². The van der Waals surface area contributed by atoms with E-state index in [1.54, 1.807) is 18.1 Å². The fraction of sp³-hybridized carbons (Fsp3) is 0.438. The summed E-state index contributed by atoms with van der Waals surface area (Å²) in [6, 6.07) is 5.20. The van der Waals surface area contributed by atoms with Crippen LogP contribution in [0, 0.1) is 12.7 Å². The van der Waals surface area contributed by atoms with Crippen LogP contribution in [0.15, 0.2) is 30.9 Å². The average Bonchev–Trinajstić information content (AvgIpc) is 3.65. The minimum atomic E-state index is -0.606. The number of aromatic nitrogens is 4. The van der Waals surface area contributed by atoms with Crippen molar-refractivity contribution in [2.75, 3.05) is 57.1 Å². The van der Waals surface area contributed by atoms with E-state index in [0.29, 0.717) is 53.9 Å². The van der Waals surface area contributed by atoms with Gasteiger partial charge in [0.15, 0.2) is 11.6 Å². The summed E-state index contributed by atoms with van der Waals surface area (Å²) in [5.74, 6) is 0.000611. The van der Waals surface area contributed by atoms with Crippen molar-refractivity contribution in [3.63, 3.8) is 0 Å². The van der Waals surface area contributed by atoms with Crippen molar-refractivity contribution in [3.05, 3.63) is 47.3 Å². The van der Waals surface area contributed by atoms with Crippen LogP contribution in [0.2, 0.25) is 5.02 Å². The first kappa shape index (κ1) is 31.0. The number of aromatic amines is 1. The predicted molar refractivity (Wildman–Crippen MR) is 174 cm³/mol. The number of methoxy groups -OCH3 is 1. The molecule has 0 aliphatic carbocycles. The Morgan fingerprint density at radius 1 is 1.22 bits per heavy atom. The first-order valence-electron chi connectivity index (χ1n) is 15.1. The molecule has 2 fully saturated rings. The van der Waals surface area contributed by atoms with E-state index in [1.165, 1.54) is 6.08 Å². The van der Waals surface area contributed by atoms with Crippen molar-refractivity contribution >= 4 is 50.9 Å². The van der Waals surface area contributed by atoms with E-state index in [1.807, 2.05) is 32.9 Å². The molecule has 6 rings (SSSR count). The van der Waals surface area contributed by atoms with Crippen molar-refractivity contribution in [1.82, 2.24) is 30.0 Å². The Morgan fingerprint density at radius 2 is 2.02 bits per heavy atom. The van der Waals surface area contributed by atoms with Crippen molar-refractivity contribution in [3.8, 4) is 17.1 Å². The van der Waals surface area contributed by atoms with Crippen LogP contribution in [0.3, 0.4) is 0 Å². The number of carbonyl (C=O) groups excluding carboxylic acids is 1. The molecule has 13 heteroatoms. The highest BCUT2D eigenvalue weighted by molar-refractivity contribution is 6.35. The van der Waals surface area contributed by atoms with Crippen LogP contribution in [0.25, 0.3) is 32.9 Å². The number of nitrogen functional groups attached to an aromatic ring is 1. The monoisotopic (exact) mass is 636 g/mol. The number of ether oxygens (including phenoxy) is 2. The van der Waals surface area contributed by atoms with E-state index in [2.05, 4.69) is 31.6 Å². The number of H-pyrrole nitrogens is 1. The van der Waals surface area contributed by atoms with E-state index in [9.17, 15) is 4.79 Å². The van der Waals surface area contributed by atoms with Gasteiger partial charge in [-0.15, -0.1) is 0 Å². The smallest absolute Gasteiger partial charge is 0.319 e. The summed E-state index contributed by atoms with van der Waals surface area (Å²) >= 11 is 6.92. The zero-order valence-electron chi connectivity index (χ0n) is 25.9. The number of carbonyl (C=O) groups is 1. The lowest BCUT2D eigenvalue weighted by Crippen LogP contribution is -2.58. The molecule has 11 nitrogen and oxygen atoms in total. The minimum Gasteiger partial charge on any atom is -0.462 e. The number of hydrogen-bond acceptors (Lipinski definition) is 9. The van der Waals surface area contributed by atoms with E-state index >= 15 is 4.39 Å². The highest BCUT2D eigenvalue weighted by Crippen LogP contribution is 2.43. The van der Waals surface area contributed by atoms with Gasteiger partial charge >= 0.3 is 6.01 Å². The molecule has 3 N–H and O–H groups in total. The first-order chi connectivity index (χ1) is 21.6. The van der Waals surface area contributed by atoms with Gasteiger partial charge in [0.2, 0.25) is 5.91 Å². The molecule has 45 heavy (non-hydrogen) atoms. The second kappa shape index (κ2) is 12.4. The summed E-state index contributed by atoms with van der Waals surface area (Å²) in [5, 5.41) is 8.27. The third-order valence-electron chi connectivity index (χ3n) is 8.98. The Balaban J connectivity index is 1.45. The molecule has 2 aromatic carbocycles. The quantitative estimate of drug-likeness (QED) is 0.268. The fourth-order valence-corrected chi connectivity index (χ4v) is 6.83. The number of rotatable bonds is 8. The number of nitrogens with one attached hydrogen (secondary N) is 1. The Morgan fingerprint density at radius 3 is 2.76 bits per heavy atom. The van der Waals surface area contributed by atoms with Gasteiger partial charge < -0.3 is 25.0 Å². The molecule has 0 spiro atoms.